The van der Waals surface area contributed by atoms with Crippen LogP contribution in [0, 0.1) is 6.92 Å². The van der Waals surface area contributed by atoms with E-state index in [1.54, 1.807) is 4.68 Å². The van der Waals surface area contributed by atoms with E-state index in [1.165, 1.54) is 5.56 Å². The number of esters is 1. The maximum atomic E-state index is 13.1. The van der Waals surface area contributed by atoms with Crippen LogP contribution in [0.15, 0.2) is 84.9 Å². The molecule has 0 bridgehead atoms. The van der Waals surface area contributed by atoms with Crippen molar-refractivity contribution in [1.82, 2.24) is 9.78 Å². The van der Waals surface area contributed by atoms with E-state index in [4.69, 9.17) is 9.84 Å². The van der Waals surface area contributed by atoms with E-state index in [1.807, 2.05) is 79.7 Å². The lowest BCUT2D eigenvalue weighted by molar-refractivity contribution is 0.0527. The molecule has 0 N–H and O–H groups in total. The summed E-state index contributed by atoms with van der Waals surface area (Å²) in [6.45, 7) is 4.16. The quantitative estimate of drug-likeness (QED) is 0.357. The average molecular weight is 409 g/mol. The minimum atomic E-state index is -0.382. The number of rotatable bonds is 6. The van der Waals surface area contributed by atoms with Gasteiger partial charge in [0.2, 0.25) is 0 Å². The van der Waals surface area contributed by atoms with Crippen LogP contribution in [0.2, 0.25) is 0 Å². The van der Waals surface area contributed by atoms with Gasteiger partial charge >= 0.3 is 5.97 Å². The second-order valence-electron chi connectivity index (χ2n) is 7.19. The number of para-hydroxylation sites is 1. The van der Waals surface area contributed by atoms with Crippen LogP contribution < -0.4 is 0 Å². The molecule has 0 radical (unpaired) electrons. The van der Waals surface area contributed by atoms with Gasteiger partial charge in [-0.15, -0.1) is 0 Å². The highest BCUT2D eigenvalue weighted by atomic mass is 16.5. The van der Waals surface area contributed by atoms with E-state index in [2.05, 4.69) is 31.2 Å². The number of hydrogen-bond acceptors (Lipinski definition) is 3. The Kier molecular flexibility index (Phi) is 6.08. The molecule has 0 amide bonds. The molecule has 0 atom stereocenters. The number of nitrogens with zero attached hydrogens (tertiary/aromatic N) is 2. The van der Waals surface area contributed by atoms with Gasteiger partial charge in [-0.05, 0) is 37.6 Å². The zero-order valence-corrected chi connectivity index (χ0v) is 17.7. The fourth-order valence-electron chi connectivity index (χ4n) is 3.41. The summed E-state index contributed by atoms with van der Waals surface area (Å²) in [7, 11) is 0. The van der Waals surface area contributed by atoms with Gasteiger partial charge in [-0.3, -0.25) is 0 Å². The molecule has 0 fully saturated rings. The van der Waals surface area contributed by atoms with Crippen LogP contribution >= 0.6 is 0 Å². The molecule has 4 rings (SSSR count). The summed E-state index contributed by atoms with van der Waals surface area (Å²) >= 11 is 0. The molecular formula is C27H24N2O2. The predicted molar refractivity (Wildman–Crippen MR) is 125 cm³/mol. The van der Waals surface area contributed by atoms with E-state index in [0.717, 1.165) is 16.8 Å². The van der Waals surface area contributed by atoms with Gasteiger partial charge in [0.1, 0.15) is 11.3 Å². The van der Waals surface area contributed by atoms with Crippen LogP contribution in [-0.2, 0) is 4.74 Å². The van der Waals surface area contributed by atoms with Crippen molar-refractivity contribution in [2.75, 3.05) is 6.61 Å². The number of carbonyl (C=O) groups is 1. The third kappa shape index (κ3) is 4.48. The topological polar surface area (TPSA) is 44.1 Å². The zero-order valence-electron chi connectivity index (χ0n) is 17.7. The van der Waals surface area contributed by atoms with Crippen LogP contribution in [0.25, 0.3) is 29.1 Å². The van der Waals surface area contributed by atoms with E-state index in [0.29, 0.717) is 23.6 Å². The lowest BCUT2D eigenvalue weighted by Crippen LogP contribution is -2.08. The van der Waals surface area contributed by atoms with Crippen molar-refractivity contribution in [3.05, 3.63) is 107 Å². The van der Waals surface area contributed by atoms with Crippen LogP contribution in [0.3, 0.4) is 0 Å². The van der Waals surface area contributed by atoms with Gasteiger partial charge in [0.05, 0.1) is 18.0 Å². The van der Waals surface area contributed by atoms with Crippen molar-refractivity contribution in [3.63, 3.8) is 0 Å². The summed E-state index contributed by atoms with van der Waals surface area (Å²) in [5.41, 5.74) is 5.73. The highest BCUT2D eigenvalue weighted by Crippen LogP contribution is 2.30. The smallest absolute Gasteiger partial charge is 0.342 e. The first-order chi connectivity index (χ1) is 15.2. The molecule has 0 saturated heterocycles. The standard InChI is InChI=1S/C27H24N2O2/c1-3-31-27(30)25-24(19-18-21-16-14-20(2)15-17-21)29(23-12-8-5-9-13-23)28-26(25)22-10-6-4-7-11-22/h4-19H,3H2,1-2H3/b19-18+. The van der Waals surface area contributed by atoms with E-state index in [9.17, 15) is 4.79 Å². The maximum absolute atomic E-state index is 13.1. The summed E-state index contributed by atoms with van der Waals surface area (Å²) in [6, 6.07) is 27.8. The summed E-state index contributed by atoms with van der Waals surface area (Å²) in [4.78, 5) is 13.1. The van der Waals surface area contributed by atoms with Gasteiger partial charge in [-0.1, -0.05) is 84.4 Å². The monoisotopic (exact) mass is 408 g/mol. The number of aromatic nitrogens is 2. The van der Waals surface area contributed by atoms with Gasteiger partial charge in [-0.25, -0.2) is 9.48 Å². The summed E-state index contributed by atoms with van der Waals surface area (Å²) in [5, 5.41) is 4.84. The SMILES string of the molecule is CCOC(=O)c1c(-c2ccccc2)nn(-c2ccccc2)c1/C=C/c1ccc(C)cc1. The van der Waals surface area contributed by atoms with Gasteiger partial charge in [-0.2, -0.15) is 5.10 Å². The molecule has 0 saturated carbocycles. The van der Waals surface area contributed by atoms with Crippen LogP contribution in [-0.4, -0.2) is 22.4 Å². The fraction of sp³-hybridized carbons (Fsp3) is 0.111. The van der Waals surface area contributed by atoms with E-state index >= 15 is 0 Å². The molecule has 0 unspecified atom stereocenters. The molecule has 0 aliphatic carbocycles. The van der Waals surface area contributed by atoms with Crippen LogP contribution in [0.5, 0.6) is 0 Å². The number of aryl methyl sites for hydroxylation is 1. The van der Waals surface area contributed by atoms with E-state index < -0.39 is 0 Å². The Morgan fingerprint density at radius 3 is 2.19 bits per heavy atom. The number of hydrogen-bond donors (Lipinski definition) is 0. The minimum absolute atomic E-state index is 0.296. The molecule has 4 heteroatoms. The van der Waals surface area contributed by atoms with Crippen LogP contribution in [0.4, 0.5) is 0 Å². The van der Waals surface area contributed by atoms with Gasteiger partial charge < -0.3 is 4.74 Å². The highest BCUT2D eigenvalue weighted by Gasteiger charge is 2.25. The van der Waals surface area contributed by atoms with Crippen molar-refractivity contribution in [2.24, 2.45) is 0 Å². The second kappa shape index (κ2) is 9.26. The molecule has 1 heterocycles. The van der Waals surface area contributed by atoms with Crippen molar-refractivity contribution in [3.8, 4) is 16.9 Å². The third-order valence-electron chi connectivity index (χ3n) is 4.96. The first kappa shape index (κ1) is 20.4. The maximum Gasteiger partial charge on any atom is 0.342 e. The van der Waals surface area contributed by atoms with Crippen molar-refractivity contribution in [1.29, 1.82) is 0 Å². The van der Waals surface area contributed by atoms with Crippen molar-refractivity contribution >= 4 is 18.1 Å². The summed E-state index contributed by atoms with van der Waals surface area (Å²) in [6.07, 6.45) is 3.93. The number of ether oxygens (including phenoxy) is 1. The molecule has 4 aromatic rings. The molecule has 0 aliphatic heterocycles. The minimum Gasteiger partial charge on any atom is -0.462 e. The Bertz CT molecular complexity index is 1190. The first-order valence-electron chi connectivity index (χ1n) is 10.3. The molecule has 0 spiro atoms. The van der Waals surface area contributed by atoms with E-state index in [-0.39, 0.29) is 5.97 Å². The van der Waals surface area contributed by atoms with Gasteiger partial charge in [0, 0.05) is 5.56 Å². The Balaban J connectivity index is 1.93. The van der Waals surface area contributed by atoms with Crippen molar-refractivity contribution < 1.29 is 9.53 Å². The molecular weight excluding hydrogens is 384 g/mol. The lowest BCUT2D eigenvalue weighted by atomic mass is 10.0. The summed E-state index contributed by atoms with van der Waals surface area (Å²) < 4.78 is 7.23. The molecule has 154 valence electrons. The summed E-state index contributed by atoms with van der Waals surface area (Å²) in [5.74, 6) is -0.382. The first-order valence-corrected chi connectivity index (χ1v) is 10.3. The number of carbonyl (C=O) groups excluding carboxylic acids is 1. The van der Waals surface area contributed by atoms with Gasteiger partial charge in [0.15, 0.2) is 0 Å². The van der Waals surface area contributed by atoms with Crippen molar-refractivity contribution in [2.45, 2.75) is 13.8 Å². The predicted octanol–water partition coefficient (Wildman–Crippen LogP) is 6.19. The van der Waals surface area contributed by atoms with Crippen LogP contribution in [0.1, 0.15) is 34.1 Å². The second-order valence-corrected chi connectivity index (χ2v) is 7.19. The Morgan fingerprint density at radius 1 is 0.903 bits per heavy atom. The lowest BCUT2D eigenvalue weighted by Gasteiger charge is -2.06. The Hall–Kier alpha value is -3.92. The van der Waals surface area contributed by atoms with Gasteiger partial charge in [0.25, 0.3) is 0 Å². The molecule has 3 aromatic carbocycles. The Labute approximate surface area is 182 Å². The normalized spacial score (nSPS) is 11.0. The average Bonchev–Trinajstić information content (AvgIpc) is 3.20. The molecule has 0 aliphatic rings. The fourth-order valence-corrected chi connectivity index (χ4v) is 3.41. The third-order valence-corrected chi connectivity index (χ3v) is 4.96. The number of benzene rings is 3. The molecule has 31 heavy (non-hydrogen) atoms. The zero-order chi connectivity index (χ0) is 21.6. The molecule has 4 nitrogen and oxygen atoms in total. The molecule has 1 aromatic heterocycles. The highest BCUT2D eigenvalue weighted by molar-refractivity contribution is 6.00. The largest absolute Gasteiger partial charge is 0.462 e. The Morgan fingerprint density at radius 2 is 1.55 bits per heavy atom.